The van der Waals surface area contributed by atoms with Crippen molar-refractivity contribution in [1.82, 2.24) is 0 Å². The lowest BCUT2D eigenvalue weighted by Gasteiger charge is -2.37. The summed E-state index contributed by atoms with van der Waals surface area (Å²) >= 11 is 0. The Morgan fingerprint density at radius 2 is 0.939 bits per heavy atom. The van der Waals surface area contributed by atoms with E-state index >= 15 is 0 Å². The summed E-state index contributed by atoms with van der Waals surface area (Å²) in [5.74, 6) is 2.31. The maximum Gasteiger partial charge on any atom is 0.128 e. The molecule has 0 amide bonds. The molecule has 0 radical (unpaired) electrons. The summed E-state index contributed by atoms with van der Waals surface area (Å²) in [5.41, 5.74) is 12.2. The lowest BCUT2D eigenvalue weighted by molar-refractivity contribution is 0.0519. The van der Waals surface area contributed by atoms with E-state index in [9.17, 15) is 0 Å². The highest BCUT2D eigenvalue weighted by Crippen LogP contribution is 2.48. The fourth-order valence-electron chi connectivity index (χ4n) is 5.03. The molecule has 0 aliphatic carbocycles. The average Bonchev–Trinajstić information content (AvgIpc) is 2.72. The van der Waals surface area contributed by atoms with Crippen molar-refractivity contribution >= 4 is 5.57 Å². The van der Waals surface area contributed by atoms with E-state index in [1.165, 1.54) is 50.1 Å². The van der Waals surface area contributed by atoms with Crippen LogP contribution in [0.4, 0.5) is 0 Å². The zero-order chi connectivity index (χ0) is 24.8. The molecule has 2 aromatic carbocycles. The summed E-state index contributed by atoms with van der Waals surface area (Å²) in [6.07, 6.45) is 2.07. The van der Waals surface area contributed by atoms with Gasteiger partial charge < -0.3 is 4.74 Å². The first kappa shape index (κ1) is 25.6. The van der Waals surface area contributed by atoms with Crippen molar-refractivity contribution in [1.29, 1.82) is 0 Å². The standard InChI is InChI=1S/C32H46O/c1-18(2)23-13-25(20(5)6)30(26(14-23)21(7)8)28-17-33-32(11,12)29-16-24(19(3)4)15-27(22(9)10)31(28)29/h13-22H,1-12H3. The highest BCUT2D eigenvalue weighted by molar-refractivity contribution is 5.88. The quantitative estimate of drug-likeness (QED) is 0.429. The molecule has 1 heterocycles. The van der Waals surface area contributed by atoms with E-state index in [0.29, 0.717) is 29.6 Å². The molecule has 1 aliphatic heterocycles. The van der Waals surface area contributed by atoms with E-state index in [0.717, 1.165) is 0 Å². The van der Waals surface area contributed by atoms with E-state index < -0.39 is 0 Å². The second kappa shape index (κ2) is 9.32. The number of hydrogen-bond acceptors (Lipinski definition) is 1. The molecular weight excluding hydrogens is 400 g/mol. The topological polar surface area (TPSA) is 9.23 Å². The number of rotatable bonds is 6. The summed E-state index contributed by atoms with van der Waals surface area (Å²) in [7, 11) is 0. The van der Waals surface area contributed by atoms with Crippen LogP contribution in [0, 0.1) is 0 Å². The van der Waals surface area contributed by atoms with Gasteiger partial charge in [-0.15, -0.1) is 0 Å². The lowest BCUT2D eigenvalue weighted by atomic mass is 9.74. The smallest absolute Gasteiger partial charge is 0.128 e. The SMILES string of the molecule is CC(C)c1cc(C(C)C)c(C2=COC(C)(C)c3cc(C(C)C)cc(C(C)C)c32)c(C(C)C)c1. The van der Waals surface area contributed by atoms with Gasteiger partial charge in [0.15, 0.2) is 0 Å². The zero-order valence-electron chi connectivity index (χ0n) is 23.2. The van der Waals surface area contributed by atoms with Gasteiger partial charge in [0.2, 0.25) is 0 Å². The molecule has 1 nitrogen and oxygen atoms in total. The third-order valence-corrected chi connectivity index (χ3v) is 7.27. The van der Waals surface area contributed by atoms with Crippen molar-refractivity contribution in [2.24, 2.45) is 0 Å². The Morgan fingerprint density at radius 3 is 1.33 bits per heavy atom. The van der Waals surface area contributed by atoms with E-state index in [2.05, 4.69) is 114 Å². The average molecular weight is 447 g/mol. The molecular formula is C32H46O. The van der Waals surface area contributed by atoms with E-state index in [-0.39, 0.29) is 5.60 Å². The Kier molecular flexibility index (Phi) is 7.23. The Morgan fingerprint density at radius 1 is 0.545 bits per heavy atom. The highest BCUT2D eigenvalue weighted by Gasteiger charge is 2.35. The van der Waals surface area contributed by atoms with Crippen LogP contribution in [-0.2, 0) is 10.3 Å². The molecule has 3 rings (SSSR count). The van der Waals surface area contributed by atoms with Gasteiger partial charge in [-0.25, -0.2) is 0 Å². The van der Waals surface area contributed by atoms with Crippen molar-refractivity contribution in [3.63, 3.8) is 0 Å². The summed E-state index contributed by atoms with van der Waals surface area (Å²) < 4.78 is 6.51. The summed E-state index contributed by atoms with van der Waals surface area (Å²) in [5, 5.41) is 0. The monoisotopic (exact) mass is 446 g/mol. The Balaban J connectivity index is 2.45. The fraction of sp³-hybridized carbons (Fsp3) is 0.562. The van der Waals surface area contributed by atoms with Crippen molar-refractivity contribution in [3.8, 4) is 0 Å². The number of hydrogen-bond donors (Lipinski definition) is 0. The largest absolute Gasteiger partial charge is 0.490 e. The van der Waals surface area contributed by atoms with Crippen LogP contribution < -0.4 is 0 Å². The van der Waals surface area contributed by atoms with Gasteiger partial charge in [0.25, 0.3) is 0 Å². The number of fused-ring (bicyclic) bond motifs is 1. The molecule has 0 N–H and O–H groups in total. The predicted molar refractivity (Wildman–Crippen MR) is 145 cm³/mol. The van der Waals surface area contributed by atoms with Gasteiger partial charge in [0.05, 0.1) is 6.26 Å². The van der Waals surface area contributed by atoms with Gasteiger partial charge in [-0.1, -0.05) is 93.5 Å². The van der Waals surface area contributed by atoms with Crippen LogP contribution in [0.25, 0.3) is 5.57 Å². The first-order valence-electron chi connectivity index (χ1n) is 13.0. The summed E-state index contributed by atoms with van der Waals surface area (Å²) in [4.78, 5) is 0. The molecule has 0 spiro atoms. The lowest BCUT2D eigenvalue weighted by Crippen LogP contribution is -2.27. The Labute approximate surface area is 203 Å². The van der Waals surface area contributed by atoms with Gasteiger partial charge in [-0.05, 0) is 82.4 Å². The van der Waals surface area contributed by atoms with Gasteiger partial charge >= 0.3 is 0 Å². The zero-order valence-corrected chi connectivity index (χ0v) is 23.2. The molecule has 0 unspecified atom stereocenters. The number of benzene rings is 2. The van der Waals surface area contributed by atoms with Gasteiger partial charge in [-0.2, -0.15) is 0 Å². The minimum Gasteiger partial charge on any atom is -0.490 e. The first-order chi connectivity index (χ1) is 15.3. The van der Waals surface area contributed by atoms with Crippen LogP contribution in [-0.4, -0.2) is 0 Å². The molecule has 1 heteroatoms. The van der Waals surface area contributed by atoms with Crippen LogP contribution in [0.1, 0.15) is 157 Å². The number of ether oxygens (including phenoxy) is 1. The minimum absolute atomic E-state index is 0.346. The van der Waals surface area contributed by atoms with Crippen LogP contribution in [0.15, 0.2) is 30.5 Å². The normalized spacial score (nSPS) is 15.5. The summed E-state index contributed by atoms with van der Waals surface area (Å²) in [6.45, 7) is 27.6. The first-order valence-corrected chi connectivity index (χ1v) is 13.0. The fourth-order valence-corrected chi connectivity index (χ4v) is 5.03. The van der Waals surface area contributed by atoms with Crippen molar-refractivity contribution in [2.45, 2.75) is 118 Å². The van der Waals surface area contributed by atoms with Gasteiger partial charge in [0, 0.05) is 11.1 Å². The van der Waals surface area contributed by atoms with Crippen LogP contribution >= 0.6 is 0 Å². The van der Waals surface area contributed by atoms with Crippen molar-refractivity contribution < 1.29 is 4.74 Å². The second-order valence-corrected chi connectivity index (χ2v) is 12.0. The van der Waals surface area contributed by atoms with Crippen LogP contribution in [0.5, 0.6) is 0 Å². The third kappa shape index (κ3) is 4.79. The van der Waals surface area contributed by atoms with E-state index in [1.807, 2.05) is 0 Å². The minimum atomic E-state index is -0.346. The van der Waals surface area contributed by atoms with E-state index in [1.54, 1.807) is 0 Å². The third-order valence-electron chi connectivity index (χ3n) is 7.27. The maximum atomic E-state index is 6.51. The Hall–Kier alpha value is -2.02. The molecule has 180 valence electrons. The predicted octanol–water partition coefficient (Wildman–Crippen LogP) is 9.96. The second-order valence-electron chi connectivity index (χ2n) is 12.0. The highest BCUT2D eigenvalue weighted by atomic mass is 16.5. The Bertz CT molecular complexity index is 1020. The molecule has 33 heavy (non-hydrogen) atoms. The van der Waals surface area contributed by atoms with Gasteiger partial charge in [-0.3, -0.25) is 0 Å². The molecule has 0 saturated heterocycles. The molecule has 0 atom stereocenters. The van der Waals surface area contributed by atoms with Crippen LogP contribution in [0.2, 0.25) is 0 Å². The van der Waals surface area contributed by atoms with E-state index in [4.69, 9.17) is 4.74 Å². The van der Waals surface area contributed by atoms with Crippen LogP contribution in [0.3, 0.4) is 0 Å². The molecule has 1 aliphatic rings. The molecule has 0 saturated carbocycles. The molecule has 0 fully saturated rings. The van der Waals surface area contributed by atoms with Crippen molar-refractivity contribution in [2.75, 3.05) is 0 Å². The maximum absolute atomic E-state index is 6.51. The van der Waals surface area contributed by atoms with Crippen molar-refractivity contribution in [3.05, 3.63) is 75.0 Å². The molecule has 0 bridgehead atoms. The summed E-state index contributed by atoms with van der Waals surface area (Å²) in [6, 6.07) is 9.77. The molecule has 0 aromatic heterocycles. The molecule has 2 aromatic rings. The van der Waals surface area contributed by atoms with Gasteiger partial charge in [0.1, 0.15) is 5.60 Å².